The Hall–Kier alpha value is -1.15. The van der Waals surface area contributed by atoms with Crippen molar-refractivity contribution in [2.45, 2.75) is 19.8 Å². The van der Waals surface area contributed by atoms with Crippen molar-refractivity contribution in [2.24, 2.45) is 0 Å². The third-order valence-electron chi connectivity index (χ3n) is 2.10. The molecule has 0 fully saturated rings. The molecule has 0 atom stereocenters. The lowest BCUT2D eigenvalue weighted by Crippen LogP contribution is -2.39. The lowest BCUT2D eigenvalue weighted by molar-refractivity contribution is -0.137. The van der Waals surface area contributed by atoms with Crippen molar-refractivity contribution in [3.05, 3.63) is 0 Å². The van der Waals surface area contributed by atoms with Crippen LogP contribution in [0, 0.1) is 0 Å². The number of hydrogen-bond donors (Lipinski definition) is 2. The molecule has 0 radical (unpaired) electrons. The Labute approximate surface area is 101 Å². The van der Waals surface area contributed by atoms with E-state index in [1.54, 1.807) is 0 Å². The summed E-state index contributed by atoms with van der Waals surface area (Å²) in [5.74, 6) is -1.42. The van der Waals surface area contributed by atoms with Crippen molar-refractivity contribution < 1.29 is 23.1 Å². The molecule has 17 heavy (non-hydrogen) atoms. The first-order valence-corrected chi connectivity index (χ1v) is 6.83. The van der Waals surface area contributed by atoms with E-state index in [0.717, 1.165) is 4.31 Å². The predicted molar refractivity (Wildman–Crippen MR) is 62.0 cm³/mol. The average molecular weight is 266 g/mol. The van der Waals surface area contributed by atoms with Gasteiger partial charge in [-0.2, -0.15) is 4.31 Å². The van der Waals surface area contributed by atoms with E-state index in [1.807, 2.05) is 0 Å². The Balaban J connectivity index is 3.91. The van der Waals surface area contributed by atoms with Gasteiger partial charge >= 0.3 is 5.97 Å². The Morgan fingerprint density at radius 1 is 1.35 bits per heavy atom. The maximum absolute atomic E-state index is 11.3. The molecule has 0 aromatic heterocycles. The third-order valence-corrected chi connectivity index (χ3v) is 3.90. The molecule has 1 amide bonds. The highest BCUT2D eigenvalue weighted by atomic mass is 32.2. The molecule has 100 valence electrons. The van der Waals surface area contributed by atoms with Gasteiger partial charge in [-0.1, -0.05) is 0 Å². The molecule has 0 aliphatic heterocycles. The van der Waals surface area contributed by atoms with Crippen LogP contribution in [-0.4, -0.2) is 55.6 Å². The standard InChI is InChI=1S/C9H18N2O5S/c1-3-17(15,16)11(2)7-8(12)10-6-4-5-9(13)14/h3-7H2,1-2H3,(H,10,12)(H,13,14). The van der Waals surface area contributed by atoms with Crippen molar-refractivity contribution in [1.29, 1.82) is 0 Å². The number of aliphatic carboxylic acids is 1. The van der Waals surface area contributed by atoms with Gasteiger partial charge in [-0.25, -0.2) is 8.42 Å². The fourth-order valence-corrected chi connectivity index (χ4v) is 1.80. The van der Waals surface area contributed by atoms with Gasteiger partial charge in [-0.05, 0) is 13.3 Å². The lowest BCUT2D eigenvalue weighted by atomic mass is 10.3. The smallest absolute Gasteiger partial charge is 0.303 e. The molecule has 0 heterocycles. The van der Waals surface area contributed by atoms with Crippen molar-refractivity contribution in [3.8, 4) is 0 Å². The quantitative estimate of drug-likeness (QED) is 0.562. The van der Waals surface area contributed by atoms with E-state index in [-0.39, 0.29) is 25.3 Å². The molecule has 0 aliphatic carbocycles. The summed E-state index contributed by atoms with van der Waals surface area (Å²) < 4.78 is 23.6. The molecule has 2 N–H and O–H groups in total. The van der Waals surface area contributed by atoms with E-state index >= 15 is 0 Å². The first-order valence-electron chi connectivity index (χ1n) is 5.22. The highest BCUT2D eigenvalue weighted by Gasteiger charge is 2.17. The maximum Gasteiger partial charge on any atom is 0.303 e. The molecular formula is C9H18N2O5S. The van der Waals surface area contributed by atoms with E-state index in [9.17, 15) is 18.0 Å². The number of nitrogens with one attached hydrogen (secondary N) is 1. The maximum atomic E-state index is 11.3. The Morgan fingerprint density at radius 3 is 2.41 bits per heavy atom. The summed E-state index contributed by atoms with van der Waals surface area (Å²) in [4.78, 5) is 21.5. The topological polar surface area (TPSA) is 104 Å². The van der Waals surface area contributed by atoms with Crippen LogP contribution in [0.5, 0.6) is 0 Å². The van der Waals surface area contributed by atoms with Crippen LogP contribution in [0.4, 0.5) is 0 Å². The number of likely N-dealkylation sites (N-methyl/N-ethyl adjacent to an activating group) is 1. The molecule has 0 unspecified atom stereocenters. The summed E-state index contributed by atoms with van der Waals surface area (Å²) in [7, 11) is -2.03. The number of carbonyl (C=O) groups is 2. The number of carboxylic acids is 1. The van der Waals surface area contributed by atoms with Gasteiger partial charge in [0.2, 0.25) is 15.9 Å². The number of hydrogen-bond acceptors (Lipinski definition) is 4. The van der Waals surface area contributed by atoms with Crippen LogP contribution in [0.15, 0.2) is 0 Å². The molecule has 0 aromatic carbocycles. The van der Waals surface area contributed by atoms with Gasteiger partial charge in [0.15, 0.2) is 0 Å². The van der Waals surface area contributed by atoms with Crippen LogP contribution in [0.25, 0.3) is 0 Å². The van der Waals surface area contributed by atoms with Crippen LogP contribution in [0.1, 0.15) is 19.8 Å². The SMILES string of the molecule is CCS(=O)(=O)N(C)CC(=O)NCCCC(=O)O. The van der Waals surface area contributed by atoms with E-state index in [0.29, 0.717) is 6.42 Å². The van der Waals surface area contributed by atoms with Gasteiger partial charge in [0.05, 0.1) is 12.3 Å². The third kappa shape index (κ3) is 6.90. The van der Waals surface area contributed by atoms with Gasteiger partial charge < -0.3 is 10.4 Å². The Bertz CT molecular complexity index is 366. The minimum atomic E-state index is -3.36. The zero-order chi connectivity index (χ0) is 13.5. The molecular weight excluding hydrogens is 248 g/mol. The summed E-state index contributed by atoms with van der Waals surface area (Å²) >= 11 is 0. The Kier molecular flexibility index (Phi) is 6.74. The molecule has 0 spiro atoms. The number of rotatable bonds is 8. The summed E-state index contributed by atoms with van der Waals surface area (Å²) in [5, 5.41) is 10.8. The molecule has 0 aromatic rings. The number of sulfonamides is 1. The van der Waals surface area contributed by atoms with Crippen molar-refractivity contribution in [2.75, 3.05) is 25.9 Å². The van der Waals surface area contributed by atoms with Crippen molar-refractivity contribution >= 4 is 21.9 Å². The second kappa shape index (κ2) is 7.23. The fraction of sp³-hybridized carbons (Fsp3) is 0.778. The lowest BCUT2D eigenvalue weighted by Gasteiger charge is -2.15. The van der Waals surface area contributed by atoms with Crippen LogP contribution >= 0.6 is 0 Å². The molecule has 0 rings (SSSR count). The first kappa shape index (κ1) is 15.9. The molecule has 7 nitrogen and oxygen atoms in total. The molecule has 0 aliphatic rings. The van der Waals surface area contributed by atoms with Gasteiger partial charge in [-0.15, -0.1) is 0 Å². The molecule has 8 heteroatoms. The van der Waals surface area contributed by atoms with E-state index in [2.05, 4.69) is 5.32 Å². The van der Waals surface area contributed by atoms with Crippen LogP contribution in [-0.2, 0) is 19.6 Å². The normalized spacial score (nSPS) is 11.5. The number of carbonyl (C=O) groups excluding carboxylic acids is 1. The van der Waals surface area contributed by atoms with E-state index < -0.39 is 21.9 Å². The van der Waals surface area contributed by atoms with E-state index in [1.165, 1.54) is 14.0 Å². The average Bonchev–Trinajstić information content (AvgIpc) is 2.24. The van der Waals surface area contributed by atoms with Gasteiger partial charge in [0.25, 0.3) is 0 Å². The zero-order valence-electron chi connectivity index (χ0n) is 9.97. The molecule has 0 saturated carbocycles. The van der Waals surface area contributed by atoms with Gasteiger partial charge in [-0.3, -0.25) is 9.59 Å². The highest BCUT2D eigenvalue weighted by molar-refractivity contribution is 7.89. The zero-order valence-corrected chi connectivity index (χ0v) is 10.8. The van der Waals surface area contributed by atoms with Gasteiger partial charge in [0, 0.05) is 20.0 Å². The van der Waals surface area contributed by atoms with Crippen LogP contribution in [0.2, 0.25) is 0 Å². The number of carboxylic acid groups (broad SMARTS) is 1. The molecule has 0 saturated heterocycles. The minimum absolute atomic E-state index is 0.0244. The summed E-state index contributed by atoms with van der Waals surface area (Å²) in [5.41, 5.74) is 0. The number of nitrogens with zero attached hydrogens (tertiary/aromatic N) is 1. The van der Waals surface area contributed by atoms with Crippen molar-refractivity contribution in [1.82, 2.24) is 9.62 Å². The second-order valence-corrected chi connectivity index (χ2v) is 5.87. The Morgan fingerprint density at radius 2 is 1.94 bits per heavy atom. The highest BCUT2D eigenvalue weighted by Crippen LogP contribution is 1.96. The summed E-state index contributed by atoms with van der Waals surface area (Å²) in [6.07, 6.45) is 0.300. The first-order chi connectivity index (χ1) is 7.79. The predicted octanol–water partition coefficient (Wildman–Crippen LogP) is -0.751. The molecule has 0 bridgehead atoms. The fourth-order valence-electron chi connectivity index (χ4n) is 1.04. The summed E-state index contributed by atoms with van der Waals surface area (Å²) in [6, 6.07) is 0. The number of amides is 1. The van der Waals surface area contributed by atoms with Crippen molar-refractivity contribution in [3.63, 3.8) is 0 Å². The van der Waals surface area contributed by atoms with E-state index in [4.69, 9.17) is 5.11 Å². The van der Waals surface area contributed by atoms with Crippen LogP contribution < -0.4 is 5.32 Å². The minimum Gasteiger partial charge on any atom is -0.481 e. The van der Waals surface area contributed by atoms with Gasteiger partial charge in [0.1, 0.15) is 0 Å². The van der Waals surface area contributed by atoms with Crippen LogP contribution in [0.3, 0.4) is 0 Å². The monoisotopic (exact) mass is 266 g/mol. The largest absolute Gasteiger partial charge is 0.481 e. The summed E-state index contributed by atoms with van der Waals surface area (Å²) in [6.45, 7) is 1.48. The second-order valence-electron chi connectivity index (χ2n) is 3.50.